The van der Waals surface area contributed by atoms with Gasteiger partial charge < -0.3 is 73.1 Å². The molecule has 12 aromatic rings. The fourth-order valence-corrected chi connectivity index (χ4v) is 17.2. The average Bonchev–Trinajstić information content (AvgIpc) is 1.60. The molecule has 3 aliphatic carbocycles. The van der Waals surface area contributed by atoms with Crippen LogP contribution in [0.25, 0.3) is 33.8 Å². The molecule has 0 atom stereocenters. The van der Waals surface area contributed by atoms with Gasteiger partial charge in [0.15, 0.2) is 0 Å². The minimum Gasteiger partial charge on any atom is -0.489 e. The van der Waals surface area contributed by atoms with Gasteiger partial charge in [-0.05, 0) is 161 Å². The van der Waals surface area contributed by atoms with E-state index in [0.29, 0.717) is 134 Å². The van der Waals surface area contributed by atoms with Gasteiger partial charge in [0, 0.05) is 69.2 Å². The predicted octanol–water partition coefficient (Wildman–Crippen LogP) is 19.6. The molecule has 0 bridgehead atoms. The Kier molecular flexibility index (Phi) is 22.6. The Hall–Kier alpha value is -10.4. The molecule has 6 fully saturated rings. The third kappa shape index (κ3) is 16.8. The summed E-state index contributed by atoms with van der Waals surface area (Å²) in [5, 5.41) is 77.7. The number of aliphatic hydroxyl groups is 3. The number of ether oxygens (including phenoxy) is 3. The summed E-state index contributed by atoms with van der Waals surface area (Å²) in [6.45, 7) is 6.15. The van der Waals surface area contributed by atoms with Crippen molar-refractivity contribution in [2.24, 2.45) is 0 Å². The van der Waals surface area contributed by atoms with Crippen molar-refractivity contribution in [2.45, 2.75) is 107 Å². The van der Waals surface area contributed by atoms with E-state index in [1.165, 1.54) is 30.6 Å². The van der Waals surface area contributed by atoms with E-state index >= 15 is 0 Å². The summed E-state index contributed by atoms with van der Waals surface area (Å²) in [4.78, 5) is 47.6. The second-order valence-corrected chi connectivity index (χ2v) is 33.0. The number of hydrogen-bond acceptors (Lipinski definition) is 20. The Bertz CT molecular complexity index is 5230. The van der Waals surface area contributed by atoms with Crippen molar-refractivity contribution in [2.75, 3.05) is 54.0 Å². The van der Waals surface area contributed by atoms with Gasteiger partial charge in [-0.1, -0.05) is 151 Å². The highest BCUT2D eigenvalue weighted by atomic mass is 35.5. The standard InChI is InChI=1S/C30H26Cl2N2O5.C29H25Cl2N3O5.C28H22Cl3N3O5/c1-17-4-2-7-24(31)26(17)27-22(28(39-33-27)18-8-9-18)14-38-21-10-11-23(25(32)13-21)30(37)15-34(16-30)20-6-3-5-19(12-20)29(35)36;1-16-3-2-4-22(30)25(16)26-20(27(39-33-26)17-5-6-17)13-38-19-7-8-21(23(31)12-19)29(37)14-34(15-29)24-11-18(28(35)36)9-10-32-24;29-21-2-1-3-22(30)24(21)25-19(26(39-33-25)15-4-5-15)12-38-18-6-7-20(23(31)9-18)28(37)13-34(14-28)17-8-16(27(35)36)10-32-11-17/h2-7,10-13,18,37H,8-9,14-16H2,1H3,(H,35,36);2-4,7-12,17,37H,5-6,13-15H2,1H3,(H,35,36);1-3,6-11,15,37H,4-5,12-14H2,(H,35,36). The van der Waals surface area contributed by atoms with Gasteiger partial charge >= 0.3 is 17.9 Å². The number of pyridine rings is 2. The highest BCUT2D eigenvalue weighted by Crippen LogP contribution is 2.51. The van der Waals surface area contributed by atoms with Crippen LogP contribution >= 0.6 is 81.2 Å². The van der Waals surface area contributed by atoms with Crippen LogP contribution in [-0.4, -0.2) is 113 Å². The predicted molar refractivity (Wildman–Crippen MR) is 443 cm³/mol. The number of aryl methyl sites for hydroxylation is 2. The molecule has 6 N–H and O–H groups in total. The molecule has 6 aliphatic rings. The molecule has 600 valence electrons. The van der Waals surface area contributed by atoms with Crippen LogP contribution in [0, 0.1) is 13.8 Å². The third-order valence-corrected chi connectivity index (χ3v) is 23.9. The zero-order chi connectivity index (χ0) is 81.9. The zero-order valence-corrected chi connectivity index (χ0v) is 67.9. The Morgan fingerprint density at radius 2 is 0.769 bits per heavy atom. The summed E-state index contributed by atoms with van der Waals surface area (Å²) in [6.07, 6.45) is 10.5. The fraction of sp³-hybridized carbons (Fsp3) is 0.264. The van der Waals surface area contributed by atoms with Crippen molar-refractivity contribution in [3.63, 3.8) is 0 Å². The maximum absolute atomic E-state index is 11.3. The van der Waals surface area contributed by atoms with Gasteiger partial charge in [0.2, 0.25) is 0 Å². The van der Waals surface area contributed by atoms with Crippen LogP contribution in [0.2, 0.25) is 35.2 Å². The minimum atomic E-state index is -1.20. The second-order valence-electron chi connectivity index (χ2n) is 30.2. The van der Waals surface area contributed by atoms with Crippen LogP contribution in [0.3, 0.4) is 0 Å². The number of aromatic nitrogens is 5. The van der Waals surface area contributed by atoms with Gasteiger partial charge in [-0.15, -0.1) is 0 Å². The number of benzene rings is 7. The van der Waals surface area contributed by atoms with Gasteiger partial charge in [-0.25, -0.2) is 19.4 Å². The molecule has 5 aromatic heterocycles. The molecule has 0 unspecified atom stereocenters. The summed E-state index contributed by atoms with van der Waals surface area (Å²) in [5.41, 5.74) is 8.71. The van der Waals surface area contributed by atoms with Crippen molar-refractivity contribution < 1.29 is 72.8 Å². The highest BCUT2D eigenvalue weighted by molar-refractivity contribution is 6.39. The number of halogens is 7. The molecule has 18 rings (SSSR count). The van der Waals surface area contributed by atoms with Crippen LogP contribution in [0.1, 0.15) is 149 Å². The van der Waals surface area contributed by atoms with E-state index in [1.807, 2.05) is 66.1 Å². The van der Waals surface area contributed by atoms with Crippen LogP contribution < -0.4 is 28.9 Å². The molecular weight excluding hydrogens is 1650 g/mol. The molecule has 7 aromatic carbocycles. The van der Waals surface area contributed by atoms with E-state index in [0.717, 1.165) is 100 Å². The number of aromatic carboxylic acids is 3. The molecule has 30 heteroatoms. The van der Waals surface area contributed by atoms with Crippen LogP contribution in [0.15, 0.2) is 184 Å². The topological polar surface area (TPSA) is 314 Å². The lowest BCUT2D eigenvalue weighted by molar-refractivity contribution is 0.00685. The minimum absolute atomic E-state index is 0.0834. The number of anilines is 3. The van der Waals surface area contributed by atoms with E-state index in [-0.39, 0.29) is 62.7 Å². The SMILES string of the molecule is Cc1cccc(Cl)c1-c1noc(C2CC2)c1COc1ccc(C2(O)CN(c3cc(C(=O)O)ccn3)C2)c(Cl)c1.Cc1cccc(Cl)c1-c1noc(C2CC2)c1COc1ccc(C2(O)CN(c3cccc(C(=O)O)c3)C2)c(Cl)c1.O=C(O)c1cncc(N2CC(O)(c3ccc(OCc4c(-c5c(Cl)cccc5Cl)noc4C4CC4)cc3Cl)C2)c1. The molecule has 3 aliphatic heterocycles. The molecule has 0 radical (unpaired) electrons. The Balaban J connectivity index is 0.000000131. The first-order chi connectivity index (χ1) is 56.2. The van der Waals surface area contributed by atoms with E-state index in [2.05, 4.69) is 25.4 Å². The maximum atomic E-state index is 11.3. The van der Waals surface area contributed by atoms with E-state index in [9.17, 15) is 45.0 Å². The third-order valence-electron chi connectivity index (χ3n) is 21.7. The largest absolute Gasteiger partial charge is 0.489 e. The van der Waals surface area contributed by atoms with Crippen molar-refractivity contribution in [3.8, 4) is 51.0 Å². The first kappa shape index (κ1) is 80.4. The molecule has 117 heavy (non-hydrogen) atoms. The quantitative estimate of drug-likeness (QED) is 0.0327. The van der Waals surface area contributed by atoms with Crippen molar-refractivity contribution in [1.29, 1.82) is 0 Å². The van der Waals surface area contributed by atoms with Crippen molar-refractivity contribution >= 4 is 116 Å². The highest BCUT2D eigenvalue weighted by Gasteiger charge is 2.48. The number of hydrogen-bond donors (Lipinski definition) is 6. The lowest BCUT2D eigenvalue weighted by Crippen LogP contribution is -2.60. The summed E-state index contributed by atoms with van der Waals surface area (Å²) in [7, 11) is 0. The Morgan fingerprint density at radius 3 is 1.16 bits per heavy atom. The lowest BCUT2D eigenvalue weighted by Gasteiger charge is -2.48. The van der Waals surface area contributed by atoms with Gasteiger partial charge in [0.25, 0.3) is 0 Å². The first-order valence-electron chi connectivity index (χ1n) is 37.5. The molecule has 3 saturated carbocycles. The number of rotatable bonds is 24. The molecular formula is C87H73Cl7N8O15. The van der Waals surface area contributed by atoms with Gasteiger partial charge in [-0.2, -0.15) is 0 Å². The van der Waals surface area contributed by atoms with E-state index in [4.69, 9.17) is 109 Å². The number of carboxylic acids is 3. The first-order valence-corrected chi connectivity index (χ1v) is 40.2. The summed E-state index contributed by atoms with van der Waals surface area (Å²) < 4.78 is 35.6. The Morgan fingerprint density at radius 1 is 0.410 bits per heavy atom. The smallest absolute Gasteiger partial charge is 0.337 e. The number of carboxylic acid groups (broad SMARTS) is 3. The van der Waals surface area contributed by atoms with Crippen LogP contribution in [0.5, 0.6) is 17.2 Å². The molecule has 3 saturated heterocycles. The molecule has 0 amide bonds. The summed E-state index contributed by atoms with van der Waals surface area (Å²) in [6, 6.07) is 43.5. The second kappa shape index (κ2) is 32.8. The Labute approximate surface area is 705 Å². The molecule has 0 spiro atoms. The molecule has 8 heterocycles. The van der Waals surface area contributed by atoms with E-state index < -0.39 is 34.7 Å². The maximum Gasteiger partial charge on any atom is 0.337 e. The normalized spacial score (nSPS) is 16.2. The van der Waals surface area contributed by atoms with Gasteiger partial charge in [0.1, 0.15) is 94.1 Å². The van der Waals surface area contributed by atoms with E-state index in [1.54, 1.807) is 102 Å². The zero-order valence-electron chi connectivity index (χ0n) is 62.6. The van der Waals surface area contributed by atoms with Crippen LogP contribution in [-0.2, 0) is 36.6 Å². The number of nitrogens with zero attached hydrogens (tertiary/aromatic N) is 8. The molecule has 23 nitrogen and oxygen atoms in total. The summed E-state index contributed by atoms with van der Waals surface area (Å²) >= 11 is 45.8. The fourth-order valence-electron chi connectivity index (χ4n) is 15.0. The monoisotopic (exact) mass is 1710 g/mol. The number of β-amino-alcohol motifs (C(OH)–C–C–N with tert-alkyl or cyclic N) is 3. The van der Waals surface area contributed by atoms with Crippen LogP contribution in [0.4, 0.5) is 17.2 Å². The van der Waals surface area contributed by atoms with Gasteiger partial charge in [0.05, 0.1) is 120 Å². The van der Waals surface area contributed by atoms with Gasteiger partial charge in [-0.3, -0.25) is 4.98 Å². The summed E-state index contributed by atoms with van der Waals surface area (Å²) in [5.74, 6) is 2.43. The number of carbonyl (C=O) groups is 3. The lowest BCUT2D eigenvalue weighted by atomic mass is 9.85. The average molecular weight is 1720 g/mol. The van der Waals surface area contributed by atoms with Crippen molar-refractivity contribution in [3.05, 3.63) is 284 Å². The van der Waals surface area contributed by atoms with Crippen molar-refractivity contribution in [1.82, 2.24) is 25.4 Å².